The van der Waals surface area contributed by atoms with Crippen molar-refractivity contribution in [2.75, 3.05) is 13.7 Å². The monoisotopic (exact) mass is 296 g/mol. The summed E-state index contributed by atoms with van der Waals surface area (Å²) in [4.78, 5) is 15.0. The Kier molecular flexibility index (Phi) is 6.06. The van der Waals surface area contributed by atoms with Crippen LogP contribution in [-0.4, -0.2) is 42.8 Å². The van der Waals surface area contributed by atoms with Crippen molar-refractivity contribution in [1.29, 1.82) is 0 Å². The summed E-state index contributed by atoms with van der Waals surface area (Å²) in [6.45, 7) is 7.16. The number of methoxy groups -OCH3 is 1. The Morgan fingerprint density at radius 1 is 1.33 bits per heavy atom. The molecular formula is C17H32N2O2. The average Bonchev–Trinajstić information content (AvgIpc) is 3.06. The van der Waals surface area contributed by atoms with Gasteiger partial charge in [-0.2, -0.15) is 0 Å². The van der Waals surface area contributed by atoms with Crippen LogP contribution in [0.3, 0.4) is 0 Å². The third kappa shape index (κ3) is 3.59. The molecule has 0 radical (unpaired) electrons. The topological polar surface area (TPSA) is 41.6 Å². The Bertz CT molecular complexity index is 340. The lowest BCUT2D eigenvalue weighted by Gasteiger charge is -2.37. The second-order valence-corrected chi connectivity index (χ2v) is 7.01. The summed E-state index contributed by atoms with van der Waals surface area (Å²) in [7, 11) is 1.73. The molecule has 1 aliphatic heterocycles. The smallest absolute Gasteiger partial charge is 0.241 e. The normalized spacial score (nSPS) is 28.8. The van der Waals surface area contributed by atoms with E-state index in [1.54, 1.807) is 7.11 Å². The maximum Gasteiger partial charge on any atom is 0.241 e. The summed E-state index contributed by atoms with van der Waals surface area (Å²) in [6, 6.07) is 0.196. The number of amides is 1. The predicted molar refractivity (Wildman–Crippen MR) is 84.9 cm³/mol. The van der Waals surface area contributed by atoms with Gasteiger partial charge in [-0.05, 0) is 31.1 Å². The summed E-state index contributed by atoms with van der Waals surface area (Å²) in [6.07, 6.45) is 7.32. The van der Waals surface area contributed by atoms with Gasteiger partial charge in [0.1, 0.15) is 0 Å². The molecule has 2 fully saturated rings. The molecule has 0 spiro atoms. The van der Waals surface area contributed by atoms with E-state index in [1.807, 2.05) is 0 Å². The molecule has 1 saturated heterocycles. The van der Waals surface area contributed by atoms with Crippen LogP contribution in [0.2, 0.25) is 0 Å². The van der Waals surface area contributed by atoms with Crippen molar-refractivity contribution in [3.8, 4) is 0 Å². The zero-order valence-corrected chi connectivity index (χ0v) is 14.1. The summed E-state index contributed by atoms with van der Waals surface area (Å²) in [5.41, 5.74) is 0. The fraction of sp³-hybridized carbons (Fsp3) is 0.941. The van der Waals surface area contributed by atoms with E-state index in [2.05, 4.69) is 31.0 Å². The molecule has 4 heteroatoms. The summed E-state index contributed by atoms with van der Waals surface area (Å²) in [5, 5.41) is 3.65. The standard InChI is InChI=1S/C17H32N2O2/c1-5-8-14-17(20)19(15(11-21-4)12(2)3)16(18-14)13-9-6-7-10-13/h12-16,18H,5-11H2,1-4H3. The fourth-order valence-electron chi connectivity index (χ4n) is 3.94. The molecule has 0 bridgehead atoms. The van der Waals surface area contributed by atoms with E-state index in [0.29, 0.717) is 24.3 Å². The number of nitrogens with one attached hydrogen (secondary N) is 1. The van der Waals surface area contributed by atoms with Gasteiger partial charge in [0.25, 0.3) is 0 Å². The van der Waals surface area contributed by atoms with Crippen LogP contribution in [0.5, 0.6) is 0 Å². The van der Waals surface area contributed by atoms with Gasteiger partial charge in [0.15, 0.2) is 0 Å². The summed E-state index contributed by atoms with van der Waals surface area (Å²) >= 11 is 0. The Balaban J connectivity index is 2.20. The number of nitrogens with zero attached hydrogens (tertiary/aromatic N) is 1. The lowest BCUT2D eigenvalue weighted by Crippen LogP contribution is -2.51. The molecule has 2 aliphatic rings. The van der Waals surface area contributed by atoms with Crippen molar-refractivity contribution in [1.82, 2.24) is 10.2 Å². The predicted octanol–water partition coefficient (Wildman–Crippen LogP) is 2.77. The lowest BCUT2D eigenvalue weighted by molar-refractivity contribution is -0.135. The molecule has 4 nitrogen and oxygen atoms in total. The van der Waals surface area contributed by atoms with Gasteiger partial charge in [-0.25, -0.2) is 0 Å². The molecule has 0 aromatic rings. The van der Waals surface area contributed by atoms with Gasteiger partial charge in [0.05, 0.1) is 24.9 Å². The molecule has 1 N–H and O–H groups in total. The van der Waals surface area contributed by atoms with Gasteiger partial charge in [0, 0.05) is 7.11 Å². The highest BCUT2D eigenvalue weighted by Gasteiger charge is 2.46. The first-order chi connectivity index (χ1) is 10.1. The van der Waals surface area contributed by atoms with E-state index in [4.69, 9.17) is 4.74 Å². The van der Waals surface area contributed by atoms with E-state index < -0.39 is 0 Å². The van der Waals surface area contributed by atoms with Gasteiger partial charge in [0.2, 0.25) is 5.91 Å². The van der Waals surface area contributed by atoms with Crippen molar-refractivity contribution in [2.24, 2.45) is 11.8 Å². The van der Waals surface area contributed by atoms with Gasteiger partial charge in [-0.3, -0.25) is 10.1 Å². The van der Waals surface area contributed by atoms with Crippen molar-refractivity contribution in [3.05, 3.63) is 0 Å². The van der Waals surface area contributed by atoms with Crippen LogP contribution in [-0.2, 0) is 9.53 Å². The first kappa shape index (κ1) is 16.8. The Labute approximate surface area is 129 Å². The van der Waals surface area contributed by atoms with E-state index in [-0.39, 0.29) is 18.2 Å². The molecule has 1 heterocycles. The maximum absolute atomic E-state index is 12.9. The van der Waals surface area contributed by atoms with Gasteiger partial charge in [-0.1, -0.05) is 40.0 Å². The van der Waals surface area contributed by atoms with Gasteiger partial charge < -0.3 is 9.64 Å². The van der Waals surface area contributed by atoms with Crippen LogP contribution < -0.4 is 5.32 Å². The molecule has 2 rings (SSSR count). The van der Waals surface area contributed by atoms with Crippen molar-refractivity contribution in [2.45, 2.75) is 77.5 Å². The minimum atomic E-state index is 0.0127. The van der Waals surface area contributed by atoms with E-state index in [0.717, 1.165) is 12.8 Å². The molecular weight excluding hydrogens is 264 g/mol. The first-order valence-electron chi connectivity index (χ1n) is 8.67. The lowest BCUT2D eigenvalue weighted by atomic mass is 9.98. The van der Waals surface area contributed by atoms with Crippen LogP contribution in [0.15, 0.2) is 0 Å². The molecule has 3 atom stereocenters. The molecule has 122 valence electrons. The summed E-state index contributed by atoms with van der Waals surface area (Å²) < 4.78 is 5.41. The highest BCUT2D eigenvalue weighted by Crippen LogP contribution is 2.34. The molecule has 3 unspecified atom stereocenters. The fourth-order valence-corrected chi connectivity index (χ4v) is 3.94. The van der Waals surface area contributed by atoms with E-state index in [1.165, 1.54) is 25.7 Å². The Hall–Kier alpha value is -0.610. The van der Waals surface area contributed by atoms with Gasteiger partial charge >= 0.3 is 0 Å². The Morgan fingerprint density at radius 2 is 2.00 bits per heavy atom. The van der Waals surface area contributed by atoms with Gasteiger partial charge in [-0.15, -0.1) is 0 Å². The highest BCUT2D eigenvalue weighted by atomic mass is 16.5. The zero-order valence-electron chi connectivity index (χ0n) is 14.1. The summed E-state index contributed by atoms with van der Waals surface area (Å²) in [5.74, 6) is 1.33. The Morgan fingerprint density at radius 3 is 2.52 bits per heavy atom. The quantitative estimate of drug-likeness (QED) is 0.785. The molecule has 1 aliphatic carbocycles. The van der Waals surface area contributed by atoms with Crippen LogP contribution in [0.25, 0.3) is 0 Å². The van der Waals surface area contributed by atoms with Crippen LogP contribution in [0.4, 0.5) is 0 Å². The number of rotatable bonds is 7. The van der Waals surface area contributed by atoms with Crippen LogP contribution in [0, 0.1) is 11.8 Å². The number of hydrogen-bond donors (Lipinski definition) is 1. The molecule has 1 saturated carbocycles. The van der Waals surface area contributed by atoms with Crippen LogP contribution >= 0.6 is 0 Å². The minimum Gasteiger partial charge on any atom is -0.383 e. The van der Waals surface area contributed by atoms with Crippen molar-refractivity contribution >= 4 is 5.91 Å². The molecule has 0 aromatic carbocycles. The maximum atomic E-state index is 12.9. The SMILES string of the molecule is CCCC1NC(C2CCCC2)N(C(COC)C(C)C)C1=O. The van der Waals surface area contributed by atoms with E-state index in [9.17, 15) is 4.79 Å². The molecule has 0 aromatic heterocycles. The zero-order chi connectivity index (χ0) is 15.4. The van der Waals surface area contributed by atoms with E-state index >= 15 is 0 Å². The van der Waals surface area contributed by atoms with Crippen molar-refractivity contribution in [3.63, 3.8) is 0 Å². The minimum absolute atomic E-state index is 0.0127. The highest BCUT2D eigenvalue weighted by molar-refractivity contribution is 5.84. The molecule has 1 amide bonds. The number of ether oxygens (including phenoxy) is 1. The van der Waals surface area contributed by atoms with Crippen molar-refractivity contribution < 1.29 is 9.53 Å². The average molecular weight is 296 g/mol. The number of carbonyl (C=O) groups is 1. The second kappa shape index (κ2) is 7.59. The number of hydrogen-bond acceptors (Lipinski definition) is 3. The second-order valence-electron chi connectivity index (χ2n) is 7.01. The first-order valence-corrected chi connectivity index (χ1v) is 8.67. The third-order valence-electron chi connectivity index (χ3n) is 5.11. The third-order valence-corrected chi connectivity index (χ3v) is 5.11. The number of carbonyl (C=O) groups excluding carboxylic acids is 1. The van der Waals surface area contributed by atoms with Crippen LogP contribution in [0.1, 0.15) is 59.3 Å². The molecule has 21 heavy (non-hydrogen) atoms. The largest absolute Gasteiger partial charge is 0.383 e.